The van der Waals surface area contributed by atoms with Crippen LogP contribution in [0.4, 0.5) is 11.5 Å². The van der Waals surface area contributed by atoms with Gasteiger partial charge in [-0.15, -0.1) is 0 Å². The number of nitrogens with two attached hydrogens (primary N) is 1. The predicted octanol–water partition coefficient (Wildman–Crippen LogP) is 1.68. The first-order valence-electron chi connectivity index (χ1n) is 6.26. The summed E-state index contributed by atoms with van der Waals surface area (Å²) in [5.74, 6) is -0.115. The molecule has 0 radical (unpaired) electrons. The molecule has 0 amide bonds. The van der Waals surface area contributed by atoms with Crippen molar-refractivity contribution in [3.63, 3.8) is 0 Å². The van der Waals surface area contributed by atoms with Crippen molar-refractivity contribution in [2.24, 2.45) is 0 Å². The summed E-state index contributed by atoms with van der Waals surface area (Å²) in [6.45, 7) is 4.73. The number of nitrogens with zero attached hydrogens (tertiary/aromatic N) is 1. The molecule has 3 N–H and O–H groups in total. The molecule has 0 spiro atoms. The molecule has 0 aliphatic rings. The predicted molar refractivity (Wildman–Crippen MR) is 74.2 cm³/mol. The number of ether oxygens (including phenoxy) is 2. The summed E-state index contributed by atoms with van der Waals surface area (Å²) >= 11 is 0. The monoisotopic (exact) mass is 267 g/mol. The van der Waals surface area contributed by atoms with Gasteiger partial charge in [0.2, 0.25) is 0 Å². The third-order valence-corrected chi connectivity index (χ3v) is 2.58. The van der Waals surface area contributed by atoms with E-state index in [4.69, 9.17) is 15.2 Å². The van der Waals surface area contributed by atoms with E-state index in [0.29, 0.717) is 24.5 Å². The van der Waals surface area contributed by atoms with Crippen LogP contribution in [-0.4, -0.2) is 37.3 Å². The second-order valence-corrected chi connectivity index (χ2v) is 4.20. The van der Waals surface area contributed by atoms with Gasteiger partial charge in [0.05, 0.1) is 24.1 Å². The summed E-state index contributed by atoms with van der Waals surface area (Å²) in [6, 6.07) is 1.67. The van der Waals surface area contributed by atoms with Gasteiger partial charge in [-0.1, -0.05) is 0 Å². The van der Waals surface area contributed by atoms with Crippen LogP contribution in [0.2, 0.25) is 0 Å². The van der Waals surface area contributed by atoms with E-state index in [0.717, 1.165) is 6.42 Å². The van der Waals surface area contributed by atoms with Gasteiger partial charge in [-0.2, -0.15) is 0 Å². The third kappa shape index (κ3) is 4.75. The summed E-state index contributed by atoms with van der Waals surface area (Å²) in [7, 11) is 1.65. The number of hydrogen-bond acceptors (Lipinski definition) is 6. The number of pyridine rings is 1. The van der Waals surface area contributed by atoms with Gasteiger partial charge in [-0.3, -0.25) is 0 Å². The van der Waals surface area contributed by atoms with E-state index in [-0.39, 0.29) is 11.9 Å². The second-order valence-electron chi connectivity index (χ2n) is 4.20. The van der Waals surface area contributed by atoms with Crippen LogP contribution in [0, 0.1) is 0 Å². The molecule has 1 aromatic heterocycles. The fourth-order valence-electron chi connectivity index (χ4n) is 1.60. The molecule has 0 aromatic carbocycles. The third-order valence-electron chi connectivity index (χ3n) is 2.58. The molecular formula is C13H21N3O3. The maximum Gasteiger partial charge on any atom is 0.340 e. The lowest BCUT2D eigenvalue weighted by atomic mass is 10.2. The van der Waals surface area contributed by atoms with Gasteiger partial charge >= 0.3 is 5.97 Å². The van der Waals surface area contributed by atoms with Gasteiger partial charge in [-0.05, 0) is 26.3 Å². The molecule has 0 fully saturated rings. The molecule has 19 heavy (non-hydrogen) atoms. The van der Waals surface area contributed by atoms with E-state index < -0.39 is 5.97 Å². The highest BCUT2D eigenvalue weighted by atomic mass is 16.5. The van der Waals surface area contributed by atoms with Crippen LogP contribution in [0.1, 0.15) is 30.6 Å². The minimum absolute atomic E-state index is 0.151. The van der Waals surface area contributed by atoms with E-state index in [1.807, 2.05) is 6.92 Å². The minimum atomic E-state index is -0.405. The van der Waals surface area contributed by atoms with Crippen LogP contribution in [0.25, 0.3) is 0 Å². The fourth-order valence-corrected chi connectivity index (χ4v) is 1.60. The van der Waals surface area contributed by atoms with Gasteiger partial charge < -0.3 is 20.5 Å². The quantitative estimate of drug-likeness (QED) is 0.731. The molecule has 0 bridgehead atoms. The maximum atomic E-state index is 11.8. The Morgan fingerprint density at radius 3 is 2.95 bits per heavy atom. The average Bonchev–Trinajstić information content (AvgIpc) is 2.38. The first-order valence-corrected chi connectivity index (χ1v) is 6.26. The van der Waals surface area contributed by atoms with Crippen molar-refractivity contribution in [2.75, 3.05) is 31.4 Å². The van der Waals surface area contributed by atoms with Gasteiger partial charge in [0.15, 0.2) is 0 Å². The Morgan fingerprint density at radius 2 is 2.32 bits per heavy atom. The zero-order chi connectivity index (χ0) is 14.3. The van der Waals surface area contributed by atoms with Gasteiger partial charge in [0, 0.05) is 19.8 Å². The van der Waals surface area contributed by atoms with Crippen molar-refractivity contribution >= 4 is 17.5 Å². The van der Waals surface area contributed by atoms with E-state index in [1.165, 1.54) is 6.07 Å². The molecule has 0 aliphatic carbocycles. The van der Waals surface area contributed by atoms with Crippen LogP contribution in [-0.2, 0) is 9.47 Å². The highest BCUT2D eigenvalue weighted by Gasteiger charge is 2.15. The van der Waals surface area contributed by atoms with Crippen LogP contribution >= 0.6 is 0 Å². The maximum absolute atomic E-state index is 11.8. The normalized spacial score (nSPS) is 11.9. The Hall–Kier alpha value is -1.82. The highest BCUT2D eigenvalue weighted by molar-refractivity contribution is 5.96. The summed E-state index contributed by atoms with van der Waals surface area (Å²) < 4.78 is 10.0. The minimum Gasteiger partial charge on any atom is -0.462 e. The van der Waals surface area contributed by atoms with Crippen LogP contribution in [0.5, 0.6) is 0 Å². The Balaban J connectivity index is 2.84. The Labute approximate surface area is 113 Å². The molecule has 1 atom stereocenters. The topological polar surface area (TPSA) is 86.5 Å². The molecule has 1 unspecified atom stereocenters. The highest BCUT2D eigenvalue weighted by Crippen LogP contribution is 2.19. The first kappa shape index (κ1) is 15.2. The molecule has 0 saturated carbocycles. The zero-order valence-corrected chi connectivity index (χ0v) is 11.6. The summed E-state index contributed by atoms with van der Waals surface area (Å²) in [6.07, 6.45) is 2.37. The molecule has 6 nitrogen and oxygen atoms in total. The average molecular weight is 267 g/mol. The number of esters is 1. The summed E-state index contributed by atoms with van der Waals surface area (Å²) in [5, 5.41) is 3.21. The molecule has 106 valence electrons. The van der Waals surface area contributed by atoms with E-state index in [9.17, 15) is 4.79 Å². The molecule has 0 saturated heterocycles. The molecule has 6 heteroatoms. The number of nitrogen functional groups attached to an aromatic ring is 1. The number of carbonyl (C=O) groups is 1. The zero-order valence-electron chi connectivity index (χ0n) is 11.6. The number of aromatic nitrogens is 1. The smallest absolute Gasteiger partial charge is 0.340 e. The number of rotatable bonds is 7. The fraction of sp³-hybridized carbons (Fsp3) is 0.538. The lowest BCUT2D eigenvalue weighted by molar-refractivity contribution is 0.0527. The van der Waals surface area contributed by atoms with Gasteiger partial charge in [0.1, 0.15) is 5.82 Å². The van der Waals surface area contributed by atoms with Crippen LogP contribution < -0.4 is 11.1 Å². The standard InChI is InChI=1S/C13H21N3O3/c1-4-19-13(17)10-7-12(14)15-8-11(10)16-9(2)5-6-18-3/h7-9,16H,4-6H2,1-3H3,(H2,14,15). The van der Waals surface area contributed by atoms with Gasteiger partial charge in [0.25, 0.3) is 0 Å². The molecular weight excluding hydrogens is 246 g/mol. The van der Waals surface area contributed by atoms with Crippen molar-refractivity contribution in [1.82, 2.24) is 4.98 Å². The molecule has 1 rings (SSSR count). The lowest BCUT2D eigenvalue weighted by Gasteiger charge is -2.17. The first-order chi connectivity index (χ1) is 9.08. The van der Waals surface area contributed by atoms with Crippen LogP contribution in [0.3, 0.4) is 0 Å². The summed E-state index contributed by atoms with van der Waals surface area (Å²) in [4.78, 5) is 15.8. The Morgan fingerprint density at radius 1 is 1.58 bits per heavy atom. The van der Waals surface area contributed by atoms with Crippen molar-refractivity contribution in [3.8, 4) is 0 Å². The van der Waals surface area contributed by atoms with Crippen LogP contribution in [0.15, 0.2) is 12.3 Å². The second kappa shape index (κ2) is 7.58. The van der Waals surface area contributed by atoms with Gasteiger partial charge in [-0.25, -0.2) is 9.78 Å². The van der Waals surface area contributed by atoms with E-state index >= 15 is 0 Å². The molecule has 0 aliphatic heterocycles. The van der Waals surface area contributed by atoms with Crippen molar-refractivity contribution in [2.45, 2.75) is 26.3 Å². The molecule has 1 heterocycles. The number of carbonyl (C=O) groups excluding carboxylic acids is 1. The number of methoxy groups -OCH3 is 1. The number of anilines is 2. The van der Waals surface area contributed by atoms with E-state index in [1.54, 1.807) is 20.2 Å². The number of nitrogens with one attached hydrogen (secondary N) is 1. The largest absolute Gasteiger partial charge is 0.462 e. The molecule has 1 aromatic rings. The van der Waals surface area contributed by atoms with Crippen molar-refractivity contribution in [1.29, 1.82) is 0 Å². The van der Waals surface area contributed by atoms with Crippen molar-refractivity contribution in [3.05, 3.63) is 17.8 Å². The Bertz CT molecular complexity index is 424. The number of hydrogen-bond donors (Lipinski definition) is 2. The summed E-state index contributed by atoms with van der Waals surface area (Å²) in [5.41, 5.74) is 6.63. The van der Waals surface area contributed by atoms with Crippen molar-refractivity contribution < 1.29 is 14.3 Å². The van der Waals surface area contributed by atoms with E-state index in [2.05, 4.69) is 10.3 Å². The lowest BCUT2D eigenvalue weighted by Crippen LogP contribution is -2.20. The Kier molecular flexibility index (Phi) is 6.08. The SMILES string of the molecule is CCOC(=O)c1cc(N)ncc1NC(C)CCOC.